The Morgan fingerprint density at radius 1 is 1.14 bits per heavy atom. The third-order valence-corrected chi connectivity index (χ3v) is 5.87. The van der Waals surface area contributed by atoms with Crippen LogP contribution in [0.3, 0.4) is 0 Å². The van der Waals surface area contributed by atoms with Crippen molar-refractivity contribution < 1.29 is 17.9 Å². The quantitative estimate of drug-likeness (QED) is 0.774. The van der Waals surface area contributed by atoms with E-state index in [1.54, 1.807) is 25.3 Å². The topological polar surface area (TPSA) is 96.9 Å². The van der Waals surface area contributed by atoms with E-state index < -0.39 is 16.1 Å². The van der Waals surface area contributed by atoms with Crippen LogP contribution in [0.1, 0.15) is 25.0 Å². The Balaban J connectivity index is 1.83. The first kappa shape index (κ1) is 19.9. The molecule has 1 aliphatic heterocycles. The molecule has 0 fully saturated rings. The predicted octanol–water partition coefficient (Wildman–Crippen LogP) is 2.07. The summed E-state index contributed by atoms with van der Waals surface area (Å²) < 4.78 is 32.3. The van der Waals surface area contributed by atoms with Gasteiger partial charge in [0, 0.05) is 17.7 Å². The van der Waals surface area contributed by atoms with E-state index in [-0.39, 0.29) is 22.6 Å². The van der Waals surface area contributed by atoms with E-state index >= 15 is 0 Å². The molecule has 0 saturated carbocycles. The molecule has 2 N–H and O–H groups in total. The van der Waals surface area contributed by atoms with Crippen molar-refractivity contribution in [3.05, 3.63) is 59.7 Å². The average Bonchev–Trinajstić information content (AvgIpc) is 2.94. The fourth-order valence-corrected chi connectivity index (χ4v) is 4.25. The van der Waals surface area contributed by atoms with Crippen molar-refractivity contribution in [2.24, 2.45) is 10.9 Å². The highest BCUT2D eigenvalue weighted by Gasteiger charge is 2.32. The number of fused-ring (bicyclic) bond motifs is 1. The molecule has 2 aromatic carbocycles. The molecule has 3 rings (SSSR count). The first-order chi connectivity index (χ1) is 13.3. The van der Waals surface area contributed by atoms with E-state index in [1.807, 2.05) is 38.1 Å². The third kappa shape index (κ3) is 4.01. The number of carbonyl (C=O) groups is 1. The van der Waals surface area contributed by atoms with Gasteiger partial charge >= 0.3 is 0 Å². The van der Waals surface area contributed by atoms with Gasteiger partial charge in [-0.05, 0) is 24.1 Å². The highest BCUT2D eigenvalue weighted by Crippen LogP contribution is 2.23. The Hall–Kier alpha value is -2.87. The molecule has 2 aromatic rings. The molecule has 28 heavy (non-hydrogen) atoms. The molecule has 0 spiro atoms. The second-order valence-corrected chi connectivity index (χ2v) is 8.45. The Labute approximate surface area is 164 Å². The number of amidine groups is 1. The summed E-state index contributed by atoms with van der Waals surface area (Å²) in [7, 11) is -2.07. The van der Waals surface area contributed by atoms with E-state index in [1.165, 1.54) is 6.07 Å². The smallest absolute Gasteiger partial charge is 0.263 e. The van der Waals surface area contributed by atoms with Gasteiger partial charge in [0.15, 0.2) is 0 Å². The Morgan fingerprint density at radius 3 is 2.54 bits per heavy atom. The number of ether oxygens (including phenoxy) is 1. The fourth-order valence-electron chi connectivity index (χ4n) is 3.02. The highest BCUT2D eigenvalue weighted by atomic mass is 32.2. The SMILES string of the molecule is COc1ccccc1CNC(=O)[C@@H](N=C1NS(=O)(=O)c2ccccc21)C(C)C. The number of carbonyl (C=O) groups excluding carboxylic acids is 1. The maximum absolute atomic E-state index is 12.8. The molecule has 1 aliphatic rings. The summed E-state index contributed by atoms with van der Waals surface area (Å²) >= 11 is 0. The zero-order chi connectivity index (χ0) is 20.3. The number of hydrogen-bond donors (Lipinski definition) is 2. The molecule has 148 valence electrons. The van der Waals surface area contributed by atoms with Crippen LogP contribution in [0.4, 0.5) is 0 Å². The lowest BCUT2D eigenvalue weighted by Gasteiger charge is -2.18. The van der Waals surface area contributed by atoms with Gasteiger partial charge in [-0.15, -0.1) is 0 Å². The van der Waals surface area contributed by atoms with Gasteiger partial charge in [-0.2, -0.15) is 0 Å². The van der Waals surface area contributed by atoms with Gasteiger partial charge in [-0.1, -0.05) is 44.2 Å². The molecule has 7 nitrogen and oxygen atoms in total. The number of para-hydroxylation sites is 1. The molecule has 1 atom stereocenters. The van der Waals surface area contributed by atoms with E-state index in [4.69, 9.17) is 4.74 Å². The number of methoxy groups -OCH3 is 1. The van der Waals surface area contributed by atoms with Gasteiger partial charge in [0.1, 0.15) is 17.6 Å². The van der Waals surface area contributed by atoms with Crippen LogP contribution in [0.5, 0.6) is 5.75 Å². The Morgan fingerprint density at radius 2 is 1.82 bits per heavy atom. The van der Waals surface area contributed by atoms with Crippen molar-refractivity contribution >= 4 is 21.8 Å². The zero-order valence-electron chi connectivity index (χ0n) is 16.0. The predicted molar refractivity (Wildman–Crippen MR) is 107 cm³/mol. The van der Waals surface area contributed by atoms with Crippen LogP contribution in [-0.4, -0.2) is 33.3 Å². The molecule has 0 unspecified atom stereocenters. The summed E-state index contributed by atoms with van der Waals surface area (Å²) in [5.41, 5.74) is 1.33. The van der Waals surface area contributed by atoms with Crippen molar-refractivity contribution in [1.29, 1.82) is 0 Å². The summed E-state index contributed by atoms with van der Waals surface area (Å²) in [6.07, 6.45) is 0. The second-order valence-electron chi connectivity index (χ2n) is 6.80. The zero-order valence-corrected chi connectivity index (χ0v) is 16.8. The van der Waals surface area contributed by atoms with Crippen molar-refractivity contribution in [2.75, 3.05) is 7.11 Å². The normalized spacial score (nSPS) is 17.1. The number of benzene rings is 2. The number of sulfonamides is 1. The van der Waals surface area contributed by atoms with Crippen LogP contribution >= 0.6 is 0 Å². The molecule has 0 radical (unpaired) electrons. The molecule has 0 saturated heterocycles. The van der Waals surface area contributed by atoms with Gasteiger partial charge < -0.3 is 10.1 Å². The maximum atomic E-state index is 12.8. The second kappa shape index (κ2) is 8.02. The summed E-state index contributed by atoms with van der Waals surface area (Å²) in [6, 6.07) is 13.3. The molecule has 0 aliphatic carbocycles. The first-order valence-corrected chi connectivity index (χ1v) is 10.4. The number of rotatable bonds is 6. The van der Waals surface area contributed by atoms with Crippen molar-refractivity contribution in [1.82, 2.24) is 10.0 Å². The van der Waals surface area contributed by atoms with Crippen molar-refractivity contribution in [2.45, 2.75) is 31.3 Å². The Bertz CT molecular complexity index is 1020. The molecule has 0 aromatic heterocycles. The van der Waals surface area contributed by atoms with E-state index in [2.05, 4.69) is 15.0 Å². The molecule has 1 amide bonds. The van der Waals surface area contributed by atoms with Crippen LogP contribution in [-0.2, 0) is 21.4 Å². The number of amides is 1. The molecule has 0 bridgehead atoms. The summed E-state index contributed by atoms with van der Waals surface area (Å²) in [6.45, 7) is 4.03. The number of hydrogen-bond acceptors (Lipinski definition) is 5. The highest BCUT2D eigenvalue weighted by molar-refractivity contribution is 7.90. The van der Waals surface area contributed by atoms with Crippen molar-refractivity contribution in [3.63, 3.8) is 0 Å². The van der Waals surface area contributed by atoms with E-state index in [9.17, 15) is 13.2 Å². The molecular weight excluding hydrogens is 378 g/mol. The minimum atomic E-state index is -3.65. The van der Waals surface area contributed by atoms with Crippen LogP contribution in [0.25, 0.3) is 0 Å². The lowest BCUT2D eigenvalue weighted by Crippen LogP contribution is -2.38. The van der Waals surface area contributed by atoms with Gasteiger partial charge in [-0.3, -0.25) is 14.5 Å². The van der Waals surface area contributed by atoms with E-state index in [0.29, 0.717) is 17.9 Å². The molecule has 1 heterocycles. The van der Waals surface area contributed by atoms with Crippen molar-refractivity contribution in [3.8, 4) is 5.75 Å². The summed E-state index contributed by atoms with van der Waals surface area (Å²) in [5, 5.41) is 2.87. The molecular formula is C20H23N3O4S. The minimum absolute atomic E-state index is 0.123. The minimum Gasteiger partial charge on any atom is -0.496 e. The number of nitrogens with zero attached hydrogens (tertiary/aromatic N) is 1. The monoisotopic (exact) mass is 401 g/mol. The number of nitrogens with one attached hydrogen (secondary N) is 2. The first-order valence-electron chi connectivity index (χ1n) is 8.93. The van der Waals surface area contributed by atoms with Gasteiger partial charge in [0.25, 0.3) is 10.0 Å². The lowest BCUT2D eigenvalue weighted by molar-refractivity contribution is -0.123. The third-order valence-electron chi connectivity index (χ3n) is 4.48. The Kier molecular flexibility index (Phi) is 5.69. The van der Waals surface area contributed by atoms with Crippen LogP contribution < -0.4 is 14.8 Å². The van der Waals surface area contributed by atoms with Gasteiger partial charge in [0.05, 0.1) is 12.0 Å². The molecule has 8 heteroatoms. The fraction of sp³-hybridized carbons (Fsp3) is 0.300. The lowest BCUT2D eigenvalue weighted by atomic mass is 10.0. The summed E-state index contributed by atoms with van der Waals surface area (Å²) in [4.78, 5) is 17.4. The summed E-state index contributed by atoms with van der Waals surface area (Å²) in [5.74, 6) is 0.480. The van der Waals surface area contributed by atoms with Crippen LogP contribution in [0, 0.1) is 5.92 Å². The number of aliphatic imine (C=N–C) groups is 1. The largest absolute Gasteiger partial charge is 0.496 e. The van der Waals surface area contributed by atoms with Gasteiger partial charge in [0.2, 0.25) is 5.91 Å². The van der Waals surface area contributed by atoms with E-state index in [0.717, 1.165) is 5.56 Å². The van der Waals surface area contributed by atoms with Gasteiger partial charge in [-0.25, -0.2) is 8.42 Å². The average molecular weight is 401 g/mol. The van der Waals surface area contributed by atoms with Crippen LogP contribution in [0.2, 0.25) is 0 Å². The maximum Gasteiger partial charge on any atom is 0.263 e. The standard InChI is InChI=1S/C20H23N3O4S/c1-13(2)18(20(24)21-12-14-8-4-6-10-16(14)27-3)22-19-15-9-5-7-11-17(15)28(25,26)23-19/h4-11,13,18H,12H2,1-3H3,(H,21,24)(H,22,23)/t18-/m0/s1. The van der Waals surface area contributed by atoms with Crippen LogP contribution in [0.15, 0.2) is 58.4 Å².